The summed E-state index contributed by atoms with van der Waals surface area (Å²) in [7, 11) is 0. The first-order valence-corrected chi connectivity index (χ1v) is 6.35. The minimum atomic E-state index is -0.382. The van der Waals surface area contributed by atoms with Crippen LogP contribution in [0.4, 0.5) is 0 Å². The Bertz CT molecular complexity index is 441. The summed E-state index contributed by atoms with van der Waals surface area (Å²) in [4.78, 5) is 13.8. The maximum Gasteiger partial charge on any atom is 0.300 e. The predicted molar refractivity (Wildman–Crippen MR) is 68.8 cm³/mol. The number of nitrogens with zero attached hydrogens (tertiary/aromatic N) is 1. The molecule has 0 radical (unpaired) electrons. The van der Waals surface area contributed by atoms with Crippen LogP contribution in [0.3, 0.4) is 0 Å². The molecule has 0 aromatic carbocycles. The van der Waals surface area contributed by atoms with E-state index in [1.807, 2.05) is 6.92 Å². The summed E-state index contributed by atoms with van der Waals surface area (Å²) in [5.74, 6) is 6.52. The molecule has 0 saturated carbocycles. The minimum Gasteiger partial charge on any atom is -0.456 e. The van der Waals surface area contributed by atoms with Crippen LogP contribution < -0.4 is 11.3 Å². The Kier molecular flexibility index (Phi) is 3.73. The van der Waals surface area contributed by atoms with E-state index in [1.165, 1.54) is 6.42 Å². The summed E-state index contributed by atoms with van der Waals surface area (Å²) < 4.78 is 5.42. The van der Waals surface area contributed by atoms with Gasteiger partial charge in [0.25, 0.3) is 0 Å². The molecule has 5 nitrogen and oxygen atoms in total. The predicted octanol–water partition coefficient (Wildman–Crippen LogP) is 1.42. The van der Waals surface area contributed by atoms with E-state index >= 15 is 0 Å². The zero-order chi connectivity index (χ0) is 13.3. The van der Waals surface area contributed by atoms with E-state index in [9.17, 15) is 4.79 Å². The van der Waals surface area contributed by atoms with Crippen molar-refractivity contribution in [2.24, 2.45) is 11.8 Å². The number of nitrogens with one attached hydrogen (secondary N) is 1. The van der Waals surface area contributed by atoms with Crippen molar-refractivity contribution in [1.82, 2.24) is 10.3 Å². The van der Waals surface area contributed by atoms with Gasteiger partial charge >= 0.3 is 5.91 Å². The van der Waals surface area contributed by atoms with Gasteiger partial charge in [-0.15, -0.1) is 0 Å². The van der Waals surface area contributed by atoms with Gasteiger partial charge in [0.15, 0.2) is 5.76 Å². The standard InChI is InChI=1S/C13H21N3O2/c1-8-4-9(2)16(6-8)7-11-5-12(13(17)15-14)18-10(11)3/h5,8-9H,4,6-7,14H2,1-3H3,(H,15,17). The summed E-state index contributed by atoms with van der Waals surface area (Å²) >= 11 is 0. The van der Waals surface area contributed by atoms with Crippen molar-refractivity contribution in [3.8, 4) is 0 Å². The maximum atomic E-state index is 11.4. The van der Waals surface area contributed by atoms with Crippen LogP contribution in [0.2, 0.25) is 0 Å². The van der Waals surface area contributed by atoms with Crippen LogP contribution in [0, 0.1) is 12.8 Å². The van der Waals surface area contributed by atoms with E-state index in [0.717, 1.165) is 30.3 Å². The molecule has 1 aromatic rings. The summed E-state index contributed by atoms with van der Waals surface area (Å²) in [5.41, 5.74) is 3.15. The Morgan fingerprint density at radius 2 is 2.33 bits per heavy atom. The molecule has 0 bridgehead atoms. The van der Waals surface area contributed by atoms with Crippen LogP contribution in [-0.2, 0) is 6.54 Å². The lowest BCUT2D eigenvalue weighted by Crippen LogP contribution is -2.29. The van der Waals surface area contributed by atoms with Crippen molar-refractivity contribution in [2.75, 3.05) is 6.54 Å². The van der Waals surface area contributed by atoms with Gasteiger partial charge in [0, 0.05) is 24.7 Å². The highest BCUT2D eigenvalue weighted by molar-refractivity contribution is 5.91. The normalized spacial score (nSPS) is 24.4. The molecule has 0 aliphatic carbocycles. The Labute approximate surface area is 107 Å². The van der Waals surface area contributed by atoms with Crippen LogP contribution in [0.15, 0.2) is 10.5 Å². The summed E-state index contributed by atoms with van der Waals surface area (Å²) in [6, 6.07) is 2.37. The lowest BCUT2D eigenvalue weighted by atomic mass is 10.1. The fourth-order valence-electron chi connectivity index (χ4n) is 2.69. The highest BCUT2D eigenvalue weighted by Crippen LogP contribution is 2.26. The number of nitrogens with two attached hydrogens (primary N) is 1. The lowest BCUT2D eigenvalue weighted by Gasteiger charge is -2.20. The summed E-state index contributed by atoms with van der Waals surface area (Å²) in [6.45, 7) is 8.33. The van der Waals surface area contributed by atoms with Crippen molar-refractivity contribution in [3.05, 3.63) is 23.2 Å². The first-order chi connectivity index (χ1) is 8.51. The van der Waals surface area contributed by atoms with Crippen LogP contribution in [-0.4, -0.2) is 23.4 Å². The molecule has 3 N–H and O–H groups in total. The van der Waals surface area contributed by atoms with Gasteiger partial charge in [0.2, 0.25) is 0 Å². The molecule has 5 heteroatoms. The molecule has 2 atom stereocenters. The van der Waals surface area contributed by atoms with Crippen molar-refractivity contribution in [3.63, 3.8) is 0 Å². The van der Waals surface area contributed by atoms with Gasteiger partial charge in [-0.05, 0) is 32.3 Å². The average molecular weight is 251 g/mol. The molecular formula is C13H21N3O2. The van der Waals surface area contributed by atoms with Crippen molar-refractivity contribution in [2.45, 2.75) is 39.8 Å². The van der Waals surface area contributed by atoms with E-state index in [4.69, 9.17) is 10.3 Å². The van der Waals surface area contributed by atoms with Crippen molar-refractivity contribution in [1.29, 1.82) is 0 Å². The minimum absolute atomic E-state index is 0.282. The smallest absolute Gasteiger partial charge is 0.300 e. The number of hydrogen-bond acceptors (Lipinski definition) is 4. The maximum absolute atomic E-state index is 11.4. The fraction of sp³-hybridized carbons (Fsp3) is 0.615. The number of amides is 1. The quantitative estimate of drug-likeness (QED) is 0.484. The number of nitrogen functional groups attached to an aromatic ring is 1. The Balaban J connectivity index is 2.10. The Hall–Kier alpha value is -1.33. The lowest BCUT2D eigenvalue weighted by molar-refractivity contribution is 0.0924. The van der Waals surface area contributed by atoms with Crippen molar-refractivity contribution >= 4 is 5.91 Å². The number of carbonyl (C=O) groups is 1. The highest BCUT2D eigenvalue weighted by Gasteiger charge is 2.27. The molecule has 18 heavy (non-hydrogen) atoms. The monoisotopic (exact) mass is 251 g/mol. The number of aryl methyl sites for hydroxylation is 1. The number of hydrogen-bond donors (Lipinski definition) is 2. The van der Waals surface area contributed by atoms with Crippen LogP contribution in [0.1, 0.15) is 42.1 Å². The molecule has 100 valence electrons. The van der Waals surface area contributed by atoms with Gasteiger partial charge in [-0.3, -0.25) is 15.1 Å². The fourth-order valence-corrected chi connectivity index (χ4v) is 2.69. The van der Waals surface area contributed by atoms with Gasteiger partial charge in [-0.1, -0.05) is 6.92 Å². The van der Waals surface area contributed by atoms with Crippen LogP contribution in [0.25, 0.3) is 0 Å². The number of rotatable bonds is 3. The molecule has 2 unspecified atom stereocenters. The van der Waals surface area contributed by atoms with E-state index < -0.39 is 0 Å². The molecule has 1 aromatic heterocycles. The molecule has 1 aliphatic heterocycles. The second-order valence-corrected chi connectivity index (χ2v) is 5.28. The number of hydrazine groups is 1. The zero-order valence-corrected chi connectivity index (χ0v) is 11.2. The molecule has 1 saturated heterocycles. The number of likely N-dealkylation sites (tertiary alicyclic amines) is 1. The average Bonchev–Trinajstić information content (AvgIpc) is 2.83. The second kappa shape index (κ2) is 5.12. The first-order valence-electron chi connectivity index (χ1n) is 6.35. The van der Waals surface area contributed by atoms with Gasteiger partial charge in [0.05, 0.1) is 0 Å². The third kappa shape index (κ3) is 2.57. The topological polar surface area (TPSA) is 71.5 Å². The molecule has 0 spiro atoms. The van der Waals surface area contributed by atoms with E-state index in [0.29, 0.717) is 6.04 Å². The molecule has 2 rings (SSSR count). The third-order valence-corrected chi connectivity index (χ3v) is 3.66. The molecule has 1 fully saturated rings. The van der Waals surface area contributed by atoms with Gasteiger partial charge < -0.3 is 4.42 Å². The molecule has 1 aliphatic rings. The Morgan fingerprint density at radius 3 is 2.89 bits per heavy atom. The van der Waals surface area contributed by atoms with E-state index in [2.05, 4.69) is 24.2 Å². The van der Waals surface area contributed by atoms with Crippen LogP contribution >= 0.6 is 0 Å². The van der Waals surface area contributed by atoms with Gasteiger partial charge in [-0.25, -0.2) is 5.84 Å². The molecule has 1 amide bonds. The van der Waals surface area contributed by atoms with E-state index in [1.54, 1.807) is 6.07 Å². The third-order valence-electron chi connectivity index (χ3n) is 3.66. The first kappa shape index (κ1) is 13.1. The number of furan rings is 1. The molecule has 2 heterocycles. The SMILES string of the molecule is Cc1oc(C(=O)NN)cc1CN1CC(C)CC1C. The summed E-state index contributed by atoms with van der Waals surface area (Å²) in [6.07, 6.45) is 1.23. The zero-order valence-electron chi connectivity index (χ0n) is 11.2. The Morgan fingerprint density at radius 1 is 1.61 bits per heavy atom. The number of carbonyl (C=O) groups excluding carboxylic acids is 1. The van der Waals surface area contributed by atoms with Crippen LogP contribution in [0.5, 0.6) is 0 Å². The largest absolute Gasteiger partial charge is 0.456 e. The van der Waals surface area contributed by atoms with E-state index in [-0.39, 0.29) is 11.7 Å². The highest BCUT2D eigenvalue weighted by atomic mass is 16.4. The second-order valence-electron chi connectivity index (χ2n) is 5.28. The summed E-state index contributed by atoms with van der Waals surface area (Å²) in [5, 5.41) is 0. The van der Waals surface area contributed by atoms with Gasteiger partial charge in [-0.2, -0.15) is 0 Å². The molecular weight excluding hydrogens is 230 g/mol. The van der Waals surface area contributed by atoms with Crippen molar-refractivity contribution < 1.29 is 9.21 Å². The van der Waals surface area contributed by atoms with Gasteiger partial charge in [0.1, 0.15) is 5.76 Å².